The van der Waals surface area contributed by atoms with Crippen molar-refractivity contribution < 1.29 is 9.53 Å². The maximum absolute atomic E-state index is 12.3. The monoisotopic (exact) mass is 308 g/mol. The quantitative estimate of drug-likeness (QED) is 0.747. The molecule has 2 rings (SSSR count). The van der Waals surface area contributed by atoms with Crippen molar-refractivity contribution in [3.05, 3.63) is 63.6 Å². The van der Waals surface area contributed by atoms with Crippen LogP contribution in [0.5, 0.6) is 5.75 Å². The van der Waals surface area contributed by atoms with Crippen molar-refractivity contribution in [1.82, 2.24) is 0 Å². The van der Waals surface area contributed by atoms with E-state index in [4.69, 9.17) is 27.9 Å². The van der Waals surface area contributed by atoms with E-state index in [9.17, 15) is 4.79 Å². The third-order valence-corrected chi connectivity index (χ3v) is 3.39. The molecule has 0 fully saturated rings. The molecule has 0 aliphatic carbocycles. The molecular formula is C16H14Cl2O2. The molecule has 0 aliphatic rings. The fraction of sp³-hybridized carbons (Fsp3) is 0.188. The first-order valence-electron chi connectivity index (χ1n) is 6.20. The SMILES string of the molecule is Cc1cc(Cl)ccc1OC(C)C(=O)c1cccc(Cl)c1. The van der Waals surface area contributed by atoms with Crippen LogP contribution in [0.2, 0.25) is 10.0 Å². The number of rotatable bonds is 4. The maximum atomic E-state index is 12.3. The number of hydrogen-bond donors (Lipinski definition) is 0. The number of aryl methyl sites for hydroxylation is 1. The van der Waals surface area contributed by atoms with Crippen LogP contribution in [0.1, 0.15) is 22.8 Å². The van der Waals surface area contributed by atoms with Gasteiger partial charge >= 0.3 is 0 Å². The van der Waals surface area contributed by atoms with E-state index in [0.717, 1.165) is 5.56 Å². The lowest BCUT2D eigenvalue weighted by atomic mass is 10.1. The summed E-state index contributed by atoms with van der Waals surface area (Å²) in [4.78, 5) is 12.3. The van der Waals surface area contributed by atoms with Gasteiger partial charge in [-0.2, -0.15) is 0 Å². The Hall–Kier alpha value is -1.51. The minimum atomic E-state index is -0.589. The highest BCUT2D eigenvalue weighted by Crippen LogP contribution is 2.23. The second-order valence-electron chi connectivity index (χ2n) is 4.54. The Morgan fingerprint density at radius 3 is 2.45 bits per heavy atom. The number of carbonyl (C=O) groups is 1. The van der Waals surface area contributed by atoms with Gasteiger partial charge in [0.05, 0.1) is 0 Å². The Bertz CT molecular complexity index is 638. The molecule has 0 N–H and O–H groups in total. The predicted molar refractivity (Wildman–Crippen MR) is 82.1 cm³/mol. The Morgan fingerprint density at radius 1 is 1.10 bits per heavy atom. The minimum absolute atomic E-state index is 0.109. The van der Waals surface area contributed by atoms with Gasteiger partial charge in [0.2, 0.25) is 5.78 Å². The topological polar surface area (TPSA) is 26.3 Å². The second kappa shape index (κ2) is 6.29. The van der Waals surface area contributed by atoms with Crippen LogP contribution in [0, 0.1) is 6.92 Å². The van der Waals surface area contributed by atoms with E-state index in [1.807, 2.05) is 6.92 Å². The van der Waals surface area contributed by atoms with E-state index in [-0.39, 0.29) is 5.78 Å². The zero-order chi connectivity index (χ0) is 14.7. The molecule has 2 aromatic carbocycles. The van der Waals surface area contributed by atoms with E-state index in [1.165, 1.54) is 0 Å². The summed E-state index contributed by atoms with van der Waals surface area (Å²) in [5, 5.41) is 1.18. The minimum Gasteiger partial charge on any atom is -0.482 e. The number of hydrogen-bond acceptors (Lipinski definition) is 2. The van der Waals surface area contributed by atoms with E-state index in [2.05, 4.69) is 0 Å². The largest absolute Gasteiger partial charge is 0.482 e. The standard InChI is InChI=1S/C16H14Cl2O2/c1-10-8-14(18)6-7-15(10)20-11(2)16(19)12-4-3-5-13(17)9-12/h3-9,11H,1-2H3. The van der Waals surface area contributed by atoms with Crippen molar-refractivity contribution in [3.8, 4) is 5.75 Å². The lowest BCUT2D eigenvalue weighted by Gasteiger charge is -2.15. The number of ketones is 1. The van der Waals surface area contributed by atoms with Crippen molar-refractivity contribution >= 4 is 29.0 Å². The molecule has 0 bridgehead atoms. The van der Waals surface area contributed by atoms with Gasteiger partial charge in [-0.15, -0.1) is 0 Å². The molecule has 20 heavy (non-hydrogen) atoms. The highest BCUT2D eigenvalue weighted by molar-refractivity contribution is 6.31. The molecular weight excluding hydrogens is 295 g/mol. The summed E-state index contributed by atoms with van der Waals surface area (Å²) in [5.74, 6) is 0.541. The van der Waals surface area contributed by atoms with Crippen molar-refractivity contribution in [2.45, 2.75) is 20.0 Å². The third-order valence-electron chi connectivity index (χ3n) is 2.92. The average molecular weight is 309 g/mol. The zero-order valence-corrected chi connectivity index (χ0v) is 12.7. The fourth-order valence-corrected chi connectivity index (χ4v) is 2.28. The lowest BCUT2D eigenvalue weighted by molar-refractivity contribution is 0.0817. The highest BCUT2D eigenvalue weighted by Gasteiger charge is 2.18. The van der Waals surface area contributed by atoms with E-state index in [1.54, 1.807) is 49.4 Å². The predicted octanol–water partition coefficient (Wildman–Crippen LogP) is 4.95. The van der Waals surface area contributed by atoms with Crippen LogP contribution in [0.15, 0.2) is 42.5 Å². The first-order valence-corrected chi connectivity index (χ1v) is 6.95. The number of carbonyl (C=O) groups excluding carboxylic acids is 1. The van der Waals surface area contributed by atoms with Crippen LogP contribution >= 0.6 is 23.2 Å². The summed E-state index contributed by atoms with van der Waals surface area (Å²) in [6.07, 6.45) is -0.589. The summed E-state index contributed by atoms with van der Waals surface area (Å²) < 4.78 is 5.70. The van der Waals surface area contributed by atoms with Gasteiger partial charge in [-0.25, -0.2) is 0 Å². The molecule has 0 saturated carbocycles. The Morgan fingerprint density at radius 2 is 1.80 bits per heavy atom. The van der Waals surface area contributed by atoms with Crippen LogP contribution in [0.25, 0.3) is 0 Å². The van der Waals surface area contributed by atoms with Gasteiger partial charge in [-0.3, -0.25) is 4.79 Å². The van der Waals surface area contributed by atoms with Crippen LogP contribution in [0.4, 0.5) is 0 Å². The second-order valence-corrected chi connectivity index (χ2v) is 5.42. The van der Waals surface area contributed by atoms with Gasteiger partial charge in [0.25, 0.3) is 0 Å². The van der Waals surface area contributed by atoms with Gasteiger partial charge in [0.1, 0.15) is 5.75 Å². The van der Waals surface area contributed by atoms with Crippen molar-refractivity contribution in [3.63, 3.8) is 0 Å². The third kappa shape index (κ3) is 3.53. The lowest BCUT2D eigenvalue weighted by Crippen LogP contribution is -2.24. The summed E-state index contributed by atoms with van der Waals surface area (Å²) in [5.41, 5.74) is 1.43. The van der Waals surface area contributed by atoms with E-state index >= 15 is 0 Å². The van der Waals surface area contributed by atoms with Gasteiger partial charge in [-0.1, -0.05) is 35.3 Å². The first kappa shape index (κ1) is 14.9. The molecule has 0 heterocycles. The molecule has 104 valence electrons. The van der Waals surface area contributed by atoms with Crippen molar-refractivity contribution in [2.75, 3.05) is 0 Å². The number of Topliss-reactive ketones (excluding diaryl/α,β-unsaturated/α-hetero) is 1. The van der Waals surface area contributed by atoms with Crippen molar-refractivity contribution in [1.29, 1.82) is 0 Å². The van der Waals surface area contributed by atoms with Crippen LogP contribution in [-0.4, -0.2) is 11.9 Å². The molecule has 2 aromatic rings. The number of ether oxygens (including phenoxy) is 1. The van der Waals surface area contributed by atoms with Crippen LogP contribution < -0.4 is 4.74 Å². The molecule has 2 nitrogen and oxygen atoms in total. The van der Waals surface area contributed by atoms with Gasteiger partial charge in [0, 0.05) is 15.6 Å². The molecule has 0 aliphatic heterocycles. The van der Waals surface area contributed by atoms with Crippen LogP contribution in [0.3, 0.4) is 0 Å². The summed E-state index contributed by atoms with van der Waals surface area (Å²) in [6, 6.07) is 12.1. The molecule has 0 amide bonds. The normalized spacial score (nSPS) is 12.0. The maximum Gasteiger partial charge on any atom is 0.203 e. The molecule has 0 aromatic heterocycles. The van der Waals surface area contributed by atoms with E-state index < -0.39 is 6.10 Å². The number of benzene rings is 2. The molecule has 1 unspecified atom stereocenters. The molecule has 0 radical (unpaired) electrons. The first-order chi connectivity index (χ1) is 9.47. The Labute approximate surface area is 128 Å². The highest BCUT2D eigenvalue weighted by atomic mass is 35.5. The van der Waals surface area contributed by atoms with Crippen molar-refractivity contribution in [2.24, 2.45) is 0 Å². The molecule has 1 atom stereocenters. The average Bonchev–Trinajstić information content (AvgIpc) is 2.41. The summed E-state index contributed by atoms with van der Waals surface area (Å²) >= 11 is 11.8. The number of halogens is 2. The molecule has 0 saturated heterocycles. The fourth-order valence-electron chi connectivity index (χ4n) is 1.87. The zero-order valence-electron chi connectivity index (χ0n) is 11.2. The van der Waals surface area contributed by atoms with Crippen LogP contribution in [-0.2, 0) is 0 Å². The smallest absolute Gasteiger partial charge is 0.203 e. The Balaban J connectivity index is 2.15. The summed E-state index contributed by atoms with van der Waals surface area (Å²) in [7, 11) is 0. The molecule has 4 heteroatoms. The van der Waals surface area contributed by atoms with Gasteiger partial charge in [-0.05, 0) is 49.7 Å². The van der Waals surface area contributed by atoms with Gasteiger partial charge < -0.3 is 4.74 Å². The van der Waals surface area contributed by atoms with Gasteiger partial charge in [0.15, 0.2) is 6.10 Å². The van der Waals surface area contributed by atoms with E-state index in [0.29, 0.717) is 21.4 Å². The molecule has 0 spiro atoms. The Kier molecular flexibility index (Phi) is 4.69. The summed E-state index contributed by atoms with van der Waals surface area (Å²) in [6.45, 7) is 3.61.